The maximum atomic E-state index is 5.23. The number of nitrogens with zero attached hydrogens (tertiary/aromatic N) is 1. The average Bonchev–Trinajstić information content (AvgIpc) is 2.16. The average molecular weight is 202 g/mol. The molecule has 0 aliphatic carbocycles. The van der Waals surface area contributed by atoms with Gasteiger partial charge in [-0.1, -0.05) is 0 Å². The van der Waals surface area contributed by atoms with Crippen molar-refractivity contribution in [1.29, 1.82) is 0 Å². The van der Waals surface area contributed by atoms with Gasteiger partial charge in [0, 0.05) is 19.2 Å². The predicted molar refractivity (Wildman–Crippen MR) is 61.7 cm³/mol. The first-order valence-corrected chi connectivity index (χ1v) is 5.67. The highest BCUT2D eigenvalue weighted by Crippen LogP contribution is 1.93. The Balaban J connectivity index is 3.06. The second kappa shape index (κ2) is 9.44. The summed E-state index contributed by atoms with van der Waals surface area (Å²) in [6.07, 6.45) is 1.21. The first-order chi connectivity index (χ1) is 6.68. The summed E-state index contributed by atoms with van der Waals surface area (Å²) in [6, 6.07) is 0.651. The molecule has 0 aromatic rings. The Bertz CT molecular complexity index is 118. The van der Waals surface area contributed by atoms with Crippen LogP contribution < -0.4 is 5.32 Å². The zero-order chi connectivity index (χ0) is 10.8. The van der Waals surface area contributed by atoms with Crippen LogP contribution in [0.3, 0.4) is 0 Å². The lowest BCUT2D eigenvalue weighted by Gasteiger charge is -2.20. The SMILES string of the molecule is CCOCCNCCCN(C)C(C)C. The lowest BCUT2D eigenvalue weighted by molar-refractivity contribution is 0.149. The lowest BCUT2D eigenvalue weighted by atomic mass is 10.3. The smallest absolute Gasteiger partial charge is 0.0590 e. The van der Waals surface area contributed by atoms with E-state index in [1.54, 1.807) is 0 Å². The normalized spacial score (nSPS) is 11.6. The van der Waals surface area contributed by atoms with E-state index in [1.807, 2.05) is 6.92 Å². The van der Waals surface area contributed by atoms with Gasteiger partial charge in [0.15, 0.2) is 0 Å². The van der Waals surface area contributed by atoms with Crippen LogP contribution in [0.15, 0.2) is 0 Å². The molecule has 0 aliphatic heterocycles. The molecule has 1 N–H and O–H groups in total. The number of hydrogen-bond donors (Lipinski definition) is 1. The second-order valence-corrected chi connectivity index (χ2v) is 3.87. The van der Waals surface area contributed by atoms with Crippen molar-refractivity contribution >= 4 is 0 Å². The Hall–Kier alpha value is -0.120. The van der Waals surface area contributed by atoms with E-state index in [0.29, 0.717) is 6.04 Å². The molecule has 0 rings (SSSR count). The van der Waals surface area contributed by atoms with Crippen molar-refractivity contribution < 1.29 is 4.74 Å². The molecule has 0 radical (unpaired) electrons. The van der Waals surface area contributed by atoms with Crippen LogP contribution in [0.4, 0.5) is 0 Å². The maximum absolute atomic E-state index is 5.23. The second-order valence-electron chi connectivity index (χ2n) is 3.87. The number of rotatable bonds is 9. The van der Waals surface area contributed by atoms with Gasteiger partial charge in [0.2, 0.25) is 0 Å². The molecule has 3 heteroatoms. The molecule has 14 heavy (non-hydrogen) atoms. The molecule has 0 unspecified atom stereocenters. The highest BCUT2D eigenvalue weighted by molar-refractivity contribution is 4.57. The Kier molecular flexibility index (Phi) is 9.35. The summed E-state index contributed by atoms with van der Waals surface area (Å²) in [7, 11) is 2.17. The molecule has 86 valence electrons. The van der Waals surface area contributed by atoms with Gasteiger partial charge in [-0.3, -0.25) is 0 Å². The summed E-state index contributed by atoms with van der Waals surface area (Å²) >= 11 is 0. The van der Waals surface area contributed by atoms with Crippen molar-refractivity contribution in [3.05, 3.63) is 0 Å². The van der Waals surface area contributed by atoms with E-state index in [9.17, 15) is 0 Å². The molecule has 0 bridgehead atoms. The standard InChI is InChI=1S/C11H26N2O/c1-5-14-10-8-12-7-6-9-13(4)11(2)3/h11-12H,5-10H2,1-4H3. The highest BCUT2D eigenvalue weighted by Gasteiger charge is 2.00. The van der Waals surface area contributed by atoms with Gasteiger partial charge in [-0.25, -0.2) is 0 Å². The largest absolute Gasteiger partial charge is 0.380 e. The summed E-state index contributed by atoms with van der Waals surface area (Å²) in [4.78, 5) is 2.37. The molecule has 0 heterocycles. The number of ether oxygens (including phenoxy) is 1. The van der Waals surface area contributed by atoms with Crippen LogP contribution in [-0.4, -0.2) is 50.8 Å². The molecular weight excluding hydrogens is 176 g/mol. The van der Waals surface area contributed by atoms with Gasteiger partial charge in [0.25, 0.3) is 0 Å². The van der Waals surface area contributed by atoms with Crippen molar-refractivity contribution in [2.45, 2.75) is 33.2 Å². The molecule has 0 spiro atoms. The number of nitrogens with one attached hydrogen (secondary N) is 1. The number of hydrogen-bond acceptors (Lipinski definition) is 3. The first-order valence-electron chi connectivity index (χ1n) is 5.67. The molecule has 0 saturated heterocycles. The Morgan fingerprint density at radius 1 is 1.29 bits per heavy atom. The Morgan fingerprint density at radius 2 is 2.00 bits per heavy atom. The Labute approximate surface area is 88.8 Å². The molecule has 0 aromatic heterocycles. The minimum Gasteiger partial charge on any atom is -0.380 e. The van der Waals surface area contributed by atoms with Crippen LogP contribution in [0, 0.1) is 0 Å². The third-order valence-corrected chi connectivity index (χ3v) is 2.37. The van der Waals surface area contributed by atoms with Crippen LogP contribution in [-0.2, 0) is 4.74 Å². The summed E-state index contributed by atoms with van der Waals surface area (Å²) in [6.45, 7) is 11.3. The third kappa shape index (κ3) is 8.48. The first kappa shape index (κ1) is 13.9. The van der Waals surface area contributed by atoms with E-state index in [1.165, 1.54) is 13.0 Å². The summed E-state index contributed by atoms with van der Waals surface area (Å²) in [5.74, 6) is 0. The zero-order valence-corrected chi connectivity index (χ0v) is 10.2. The van der Waals surface area contributed by atoms with Gasteiger partial charge >= 0.3 is 0 Å². The summed E-state index contributed by atoms with van der Waals surface area (Å²) in [5.41, 5.74) is 0. The maximum Gasteiger partial charge on any atom is 0.0590 e. The molecule has 0 aliphatic rings. The van der Waals surface area contributed by atoms with Crippen molar-refractivity contribution in [3.8, 4) is 0 Å². The van der Waals surface area contributed by atoms with Gasteiger partial charge in [-0.05, 0) is 47.3 Å². The lowest BCUT2D eigenvalue weighted by Crippen LogP contribution is -2.30. The van der Waals surface area contributed by atoms with Crippen LogP contribution in [0.5, 0.6) is 0 Å². The van der Waals surface area contributed by atoms with Gasteiger partial charge in [-0.15, -0.1) is 0 Å². The van der Waals surface area contributed by atoms with Gasteiger partial charge in [-0.2, -0.15) is 0 Å². The minimum absolute atomic E-state index is 0.651. The van der Waals surface area contributed by atoms with E-state index in [-0.39, 0.29) is 0 Å². The van der Waals surface area contributed by atoms with Crippen LogP contribution >= 0.6 is 0 Å². The summed E-state index contributed by atoms with van der Waals surface area (Å²) < 4.78 is 5.23. The molecular formula is C11H26N2O. The van der Waals surface area contributed by atoms with Gasteiger partial charge in [0.05, 0.1) is 6.61 Å². The van der Waals surface area contributed by atoms with Gasteiger partial charge < -0.3 is 15.0 Å². The molecule has 0 aromatic carbocycles. The minimum atomic E-state index is 0.651. The van der Waals surface area contributed by atoms with E-state index in [2.05, 4.69) is 31.1 Å². The van der Waals surface area contributed by atoms with Crippen molar-refractivity contribution in [2.75, 3.05) is 39.9 Å². The fourth-order valence-corrected chi connectivity index (χ4v) is 1.13. The molecule has 0 fully saturated rings. The van der Waals surface area contributed by atoms with Crippen molar-refractivity contribution in [2.24, 2.45) is 0 Å². The van der Waals surface area contributed by atoms with Crippen LogP contribution in [0.25, 0.3) is 0 Å². The van der Waals surface area contributed by atoms with E-state index in [0.717, 1.165) is 26.3 Å². The fraction of sp³-hybridized carbons (Fsp3) is 1.00. The Morgan fingerprint density at radius 3 is 2.57 bits per heavy atom. The fourth-order valence-electron chi connectivity index (χ4n) is 1.13. The molecule has 3 nitrogen and oxygen atoms in total. The zero-order valence-electron chi connectivity index (χ0n) is 10.2. The summed E-state index contributed by atoms with van der Waals surface area (Å²) in [5, 5.41) is 3.36. The van der Waals surface area contributed by atoms with E-state index in [4.69, 9.17) is 4.74 Å². The van der Waals surface area contributed by atoms with Crippen molar-refractivity contribution in [3.63, 3.8) is 0 Å². The third-order valence-electron chi connectivity index (χ3n) is 2.37. The van der Waals surface area contributed by atoms with Crippen LogP contribution in [0.2, 0.25) is 0 Å². The monoisotopic (exact) mass is 202 g/mol. The predicted octanol–water partition coefficient (Wildman–Crippen LogP) is 1.34. The molecule has 0 amide bonds. The van der Waals surface area contributed by atoms with Crippen LogP contribution in [0.1, 0.15) is 27.2 Å². The van der Waals surface area contributed by atoms with E-state index >= 15 is 0 Å². The highest BCUT2D eigenvalue weighted by atomic mass is 16.5. The quantitative estimate of drug-likeness (QED) is 0.571. The van der Waals surface area contributed by atoms with E-state index < -0.39 is 0 Å². The van der Waals surface area contributed by atoms with Gasteiger partial charge in [0.1, 0.15) is 0 Å². The molecule has 0 atom stereocenters. The van der Waals surface area contributed by atoms with Crippen molar-refractivity contribution in [1.82, 2.24) is 10.2 Å². The topological polar surface area (TPSA) is 24.5 Å². The molecule has 0 saturated carbocycles.